The molecule has 0 aromatic heterocycles. The summed E-state index contributed by atoms with van der Waals surface area (Å²) in [5.41, 5.74) is 0.850. The van der Waals surface area contributed by atoms with Crippen LogP contribution in [0.1, 0.15) is 44.6 Å². The number of nitrogens with one attached hydrogen (secondary N) is 1. The average Bonchev–Trinajstić information content (AvgIpc) is 3.18. The zero-order valence-electron chi connectivity index (χ0n) is 13.1. The highest BCUT2D eigenvalue weighted by atomic mass is 16.7. The van der Waals surface area contributed by atoms with Crippen LogP contribution in [-0.2, 0) is 9.63 Å². The van der Waals surface area contributed by atoms with Gasteiger partial charge in [-0.25, -0.2) is 0 Å². The second kappa shape index (κ2) is 5.99. The van der Waals surface area contributed by atoms with E-state index in [2.05, 4.69) is 10.5 Å². The number of ether oxygens (including phenoxy) is 1. The highest BCUT2D eigenvalue weighted by Gasteiger charge is 2.43. The lowest BCUT2D eigenvalue weighted by molar-refractivity contribution is -0.142. The maximum atomic E-state index is 12.5. The molecule has 1 amide bonds. The molecule has 1 aromatic rings. The first kappa shape index (κ1) is 14.9. The fourth-order valence-electron chi connectivity index (χ4n) is 3.01. The molecule has 0 bridgehead atoms. The van der Waals surface area contributed by atoms with Crippen molar-refractivity contribution in [1.82, 2.24) is 5.32 Å². The molecule has 0 unspecified atom stereocenters. The van der Waals surface area contributed by atoms with Gasteiger partial charge in [0, 0.05) is 12.5 Å². The molecule has 1 fully saturated rings. The van der Waals surface area contributed by atoms with Crippen LogP contribution >= 0.6 is 0 Å². The van der Waals surface area contributed by atoms with Crippen LogP contribution in [-0.4, -0.2) is 30.4 Å². The number of oxime groups is 1. The second-order valence-corrected chi connectivity index (χ2v) is 6.22. The SMILES string of the molecule is COc1ccc(C2=NO[C@](C)(C(=O)NC3CCCC3)C2)cc1. The van der Waals surface area contributed by atoms with Crippen LogP contribution in [0.4, 0.5) is 0 Å². The molecule has 22 heavy (non-hydrogen) atoms. The van der Waals surface area contributed by atoms with Crippen molar-refractivity contribution in [3.05, 3.63) is 29.8 Å². The fourth-order valence-corrected chi connectivity index (χ4v) is 3.01. The summed E-state index contributed by atoms with van der Waals surface area (Å²) in [6.07, 6.45) is 4.99. The zero-order valence-corrected chi connectivity index (χ0v) is 13.1. The van der Waals surface area contributed by atoms with Gasteiger partial charge in [0.1, 0.15) is 5.75 Å². The lowest BCUT2D eigenvalue weighted by Gasteiger charge is -2.23. The van der Waals surface area contributed by atoms with Gasteiger partial charge in [0.05, 0.1) is 12.8 Å². The third kappa shape index (κ3) is 2.93. The summed E-state index contributed by atoms with van der Waals surface area (Å²) in [5, 5.41) is 7.22. The van der Waals surface area contributed by atoms with Crippen molar-refractivity contribution in [2.24, 2.45) is 5.16 Å². The number of rotatable bonds is 4. The van der Waals surface area contributed by atoms with E-state index in [0.29, 0.717) is 6.42 Å². The van der Waals surface area contributed by atoms with Gasteiger partial charge < -0.3 is 14.9 Å². The van der Waals surface area contributed by atoms with E-state index in [1.165, 1.54) is 12.8 Å². The Balaban J connectivity index is 1.64. The monoisotopic (exact) mass is 302 g/mol. The third-order valence-corrected chi connectivity index (χ3v) is 4.46. The number of hydrogen-bond donors (Lipinski definition) is 1. The number of methoxy groups -OCH3 is 1. The predicted molar refractivity (Wildman–Crippen MR) is 84.0 cm³/mol. The molecular weight excluding hydrogens is 280 g/mol. The van der Waals surface area contributed by atoms with Gasteiger partial charge in [-0.3, -0.25) is 4.79 Å². The maximum absolute atomic E-state index is 12.5. The first-order valence-corrected chi connectivity index (χ1v) is 7.81. The first-order chi connectivity index (χ1) is 10.6. The number of carbonyl (C=O) groups is 1. The van der Waals surface area contributed by atoms with Crippen molar-refractivity contribution in [2.75, 3.05) is 7.11 Å². The fraction of sp³-hybridized carbons (Fsp3) is 0.529. The first-order valence-electron chi connectivity index (χ1n) is 7.81. The summed E-state index contributed by atoms with van der Waals surface area (Å²) in [4.78, 5) is 18.0. The van der Waals surface area contributed by atoms with E-state index in [1.54, 1.807) is 14.0 Å². The van der Waals surface area contributed by atoms with Gasteiger partial charge in [-0.2, -0.15) is 0 Å². The van der Waals surface area contributed by atoms with Crippen molar-refractivity contribution < 1.29 is 14.4 Å². The Labute approximate surface area is 130 Å². The summed E-state index contributed by atoms with van der Waals surface area (Å²) in [5.74, 6) is 0.733. The van der Waals surface area contributed by atoms with E-state index in [9.17, 15) is 4.79 Å². The number of hydrogen-bond acceptors (Lipinski definition) is 4. The van der Waals surface area contributed by atoms with Crippen LogP contribution < -0.4 is 10.1 Å². The van der Waals surface area contributed by atoms with E-state index in [4.69, 9.17) is 9.57 Å². The van der Waals surface area contributed by atoms with Crippen LogP contribution in [0.5, 0.6) is 5.75 Å². The number of nitrogens with zero attached hydrogens (tertiary/aromatic N) is 1. The molecule has 2 aliphatic rings. The molecule has 1 saturated carbocycles. The number of carbonyl (C=O) groups excluding carboxylic acids is 1. The predicted octanol–water partition coefficient (Wildman–Crippen LogP) is 2.64. The molecule has 5 nitrogen and oxygen atoms in total. The molecular formula is C17H22N2O3. The van der Waals surface area contributed by atoms with Gasteiger partial charge >= 0.3 is 0 Å². The summed E-state index contributed by atoms with van der Waals surface area (Å²) >= 11 is 0. The van der Waals surface area contributed by atoms with Gasteiger partial charge in [-0.05, 0) is 49.6 Å². The molecule has 1 atom stereocenters. The zero-order chi connectivity index (χ0) is 15.6. The Morgan fingerprint density at radius 3 is 2.64 bits per heavy atom. The van der Waals surface area contributed by atoms with Crippen molar-refractivity contribution in [3.8, 4) is 5.75 Å². The van der Waals surface area contributed by atoms with Gasteiger partial charge in [-0.1, -0.05) is 18.0 Å². The van der Waals surface area contributed by atoms with Crippen molar-refractivity contribution in [3.63, 3.8) is 0 Å². The molecule has 1 aromatic carbocycles. The molecule has 1 N–H and O–H groups in total. The van der Waals surface area contributed by atoms with Crippen molar-refractivity contribution in [1.29, 1.82) is 0 Å². The molecule has 1 aliphatic heterocycles. The quantitative estimate of drug-likeness (QED) is 0.930. The van der Waals surface area contributed by atoms with Crippen molar-refractivity contribution >= 4 is 11.6 Å². The van der Waals surface area contributed by atoms with E-state index in [-0.39, 0.29) is 11.9 Å². The van der Waals surface area contributed by atoms with Crippen LogP contribution in [0.2, 0.25) is 0 Å². The molecule has 118 valence electrons. The normalized spacial score (nSPS) is 24.7. The summed E-state index contributed by atoms with van der Waals surface area (Å²) in [7, 11) is 1.63. The van der Waals surface area contributed by atoms with Gasteiger partial charge in [-0.15, -0.1) is 0 Å². The molecule has 0 spiro atoms. The van der Waals surface area contributed by atoms with E-state index in [0.717, 1.165) is 29.9 Å². The minimum Gasteiger partial charge on any atom is -0.497 e. The molecule has 1 heterocycles. The van der Waals surface area contributed by atoms with Crippen LogP contribution in [0.15, 0.2) is 29.4 Å². The smallest absolute Gasteiger partial charge is 0.267 e. The Bertz CT molecular complexity index is 576. The largest absolute Gasteiger partial charge is 0.497 e. The Hall–Kier alpha value is -2.04. The summed E-state index contributed by atoms with van der Waals surface area (Å²) in [6, 6.07) is 7.92. The summed E-state index contributed by atoms with van der Waals surface area (Å²) < 4.78 is 5.15. The molecule has 3 rings (SSSR count). The minimum absolute atomic E-state index is 0.0633. The van der Waals surface area contributed by atoms with Gasteiger partial charge in [0.2, 0.25) is 5.60 Å². The molecule has 0 radical (unpaired) electrons. The van der Waals surface area contributed by atoms with Gasteiger partial charge in [0.25, 0.3) is 5.91 Å². The number of benzene rings is 1. The minimum atomic E-state index is -0.905. The topological polar surface area (TPSA) is 59.9 Å². The van der Waals surface area contributed by atoms with Crippen LogP contribution in [0.3, 0.4) is 0 Å². The Kier molecular flexibility index (Phi) is 4.05. The van der Waals surface area contributed by atoms with Crippen LogP contribution in [0.25, 0.3) is 0 Å². The highest BCUT2D eigenvalue weighted by Crippen LogP contribution is 2.28. The van der Waals surface area contributed by atoms with E-state index >= 15 is 0 Å². The number of amides is 1. The highest BCUT2D eigenvalue weighted by molar-refractivity contribution is 6.05. The Morgan fingerprint density at radius 1 is 1.32 bits per heavy atom. The lowest BCUT2D eigenvalue weighted by atomic mass is 9.94. The molecule has 0 saturated heterocycles. The van der Waals surface area contributed by atoms with Crippen LogP contribution in [0, 0.1) is 0 Å². The summed E-state index contributed by atoms with van der Waals surface area (Å²) in [6.45, 7) is 1.80. The third-order valence-electron chi connectivity index (χ3n) is 4.46. The second-order valence-electron chi connectivity index (χ2n) is 6.22. The molecule has 1 aliphatic carbocycles. The lowest BCUT2D eigenvalue weighted by Crippen LogP contribution is -2.48. The van der Waals surface area contributed by atoms with Gasteiger partial charge in [0.15, 0.2) is 0 Å². The molecule has 5 heteroatoms. The average molecular weight is 302 g/mol. The van der Waals surface area contributed by atoms with E-state index in [1.807, 2.05) is 24.3 Å². The maximum Gasteiger partial charge on any atom is 0.267 e. The Morgan fingerprint density at radius 2 is 2.00 bits per heavy atom. The standard InChI is InChI=1S/C17H22N2O3/c1-17(16(20)18-13-5-3-4-6-13)11-15(19-22-17)12-7-9-14(21-2)10-8-12/h7-10,13H,3-6,11H2,1-2H3,(H,18,20)/t17-/m0/s1. The van der Waals surface area contributed by atoms with E-state index < -0.39 is 5.60 Å². The van der Waals surface area contributed by atoms with Crippen molar-refractivity contribution in [2.45, 2.75) is 50.7 Å².